The molecule has 1 aromatic heterocycles. The monoisotopic (exact) mass is 507 g/mol. The first-order chi connectivity index (χ1) is 14.7. The molecule has 0 spiro atoms. The molecule has 2 atom stereocenters. The summed E-state index contributed by atoms with van der Waals surface area (Å²) in [5.74, 6) is -0.959. The van der Waals surface area contributed by atoms with Crippen LogP contribution >= 0.6 is 7.37 Å². The molecule has 2 aromatic rings. The van der Waals surface area contributed by atoms with Crippen molar-refractivity contribution in [2.45, 2.75) is 58.5 Å². The minimum Gasteiger partial charge on any atom is -0.796 e. The second-order valence-electron chi connectivity index (χ2n) is 9.22. The maximum absolute atomic E-state index is 13.5. The Bertz CT molecular complexity index is 1050. The van der Waals surface area contributed by atoms with Crippen LogP contribution in [0.1, 0.15) is 63.9 Å². The summed E-state index contributed by atoms with van der Waals surface area (Å²) in [5.41, 5.74) is 3.21. The third-order valence-electron chi connectivity index (χ3n) is 4.89. The first-order valence-electron chi connectivity index (χ1n) is 10.4. The van der Waals surface area contributed by atoms with Crippen molar-refractivity contribution < 1.29 is 88.0 Å². The zero-order valence-corrected chi connectivity index (χ0v) is 25.9. The number of carbonyl (C=O) groups is 1. The summed E-state index contributed by atoms with van der Waals surface area (Å²) in [4.78, 5) is 27.9. The zero-order chi connectivity index (χ0) is 24.3. The third kappa shape index (κ3) is 9.96. The van der Waals surface area contributed by atoms with E-state index in [0.717, 1.165) is 11.5 Å². The van der Waals surface area contributed by atoms with E-state index < -0.39 is 32.0 Å². The molecule has 6 nitrogen and oxygen atoms in total. The van der Waals surface area contributed by atoms with Gasteiger partial charge in [0.25, 0.3) is 0 Å². The fourth-order valence-corrected chi connectivity index (χ4v) is 4.46. The minimum atomic E-state index is -4.24. The molecule has 1 N–H and O–H groups in total. The van der Waals surface area contributed by atoms with Crippen LogP contribution in [0.5, 0.6) is 0 Å². The molecule has 0 bridgehead atoms. The van der Waals surface area contributed by atoms with Crippen LogP contribution in [0.15, 0.2) is 36.1 Å². The second kappa shape index (κ2) is 13.8. The van der Waals surface area contributed by atoms with Gasteiger partial charge in [-0.25, -0.2) is 4.39 Å². The predicted octanol–water partition coefficient (Wildman–Crippen LogP) is -2.57. The van der Waals surface area contributed by atoms with Gasteiger partial charge in [0.15, 0.2) is 0 Å². The Kier molecular flexibility index (Phi) is 13.7. The fraction of sp³-hybridized carbons (Fsp3) is 0.417. The van der Waals surface area contributed by atoms with Gasteiger partial charge in [0, 0.05) is 42.6 Å². The van der Waals surface area contributed by atoms with Crippen molar-refractivity contribution in [3.05, 3.63) is 58.9 Å². The van der Waals surface area contributed by atoms with Crippen LogP contribution in [0.2, 0.25) is 0 Å². The summed E-state index contributed by atoms with van der Waals surface area (Å²) in [6, 6.07) is 7.80. The van der Waals surface area contributed by atoms with Gasteiger partial charge in [-0.2, -0.15) is 0 Å². The summed E-state index contributed by atoms with van der Waals surface area (Å²) in [5, 5.41) is 20.3. The number of nitrogens with zero attached hydrogens (tertiary/aromatic N) is 1. The van der Waals surface area contributed by atoms with Crippen molar-refractivity contribution in [1.82, 2.24) is 4.98 Å². The average Bonchev–Trinajstić information content (AvgIpc) is 2.64. The number of benzene rings is 1. The number of aromatic nitrogens is 1. The Balaban J connectivity index is 0.00000544. The van der Waals surface area contributed by atoms with Gasteiger partial charge < -0.3 is 24.5 Å². The van der Waals surface area contributed by atoms with E-state index in [4.69, 9.17) is 4.98 Å². The van der Waals surface area contributed by atoms with Gasteiger partial charge in [-0.05, 0) is 41.1 Å². The van der Waals surface area contributed by atoms with Crippen LogP contribution in [-0.2, 0) is 14.8 Å². The molecule has 0 aliphatic carbocycles. The van der Waals surface area contributed by atoms with Crippen LogP contribution in [0, 0.1) is 5.82 Å². The van der Waals surface area contributed by atoms with Gasteiger partial charge >= 0.3 is 59.1 Å². The van der Waals surface area contributed by atoms with Crippen molar-refractivity contribution in [3.63, 3.8) is 0 Å². The van der Waals surface area contributed by atoms with Crippen molar-refractivity contribution in [1.29, 1.82) is 0 Å². The van der Waals surface area contributed by atoms with Gasteiger partial charge in [0.05, 0.1) is 11.8 Å². The molecular weight excluding hydrogens is 478 g/mol. The van der Waals surface area contributed by atoms with Gasteiger partial charge in [-0.1, -0.05) is 52.8 Å². The second-order valence-corrected chi connectivity index (χ2v) is 11.3. The Morgan fingerprint density at radius 3 is 2.24 bits per heavy atom. The molecule has 0 aliphatic rings. The number of carboxylic acids is 1. The Hall–Kier alpha value is -0.340. The number of carboxylic acid groups (broad SMARTS) is 1. The molecule has 34 heavy (non-hydrogen) atoms. The van der Waals surface area contributed by atoms with Crippen LogP contribution in [0.25, 0.3) is 17.2 Å². The number of carbonyl (C=O) groups excluding carboxylic acids is 1. The Labute approximate surface area is 245 Å². The van der Waals surface area contributed by atoms with E-state index in [1.165, 1.54) is 18.2 Å². The van der Waals surface area contributed by atoms with Crippen molar-refractivity contribution >= 4 is 19.4 Å². The number of halogens is 1. The van der Waals surface area contributed by atoms with Gasteiger partial charge in [0.2, 0.25) is 0 Å². The van der Waals surface area contributed by atoms with Crippen LogP contribution in [0.3, 0.4) is 0 Å². The number of aliphatic carboxylic acids is 1. The largest absolute Gasteiger partial charge is 1.00 e. The Morgan fingerprint density at radius 1 is 1.21 bits per heavy atom. The van der Waals surface area contributed by atoms with Crippen LogP contribution < -0.4 is 69.1 Å². The van der Waals surface area contributed by atoms with E-state index in [0.29, 0.717) is 22.4 Å². The molecule has 10 heteroatoms. The fourth-order valence-electron chi connectivity index (χ4n) is 3.24. The maximum atomic E-state index is 13.5. The zero-order valence-electron chi connectivity index (χ0n) is 21.0. The molecule has 0 amide bonds. The first-order valence-corrected chi connectivity index (χ1v) is 12.3. The summed E-state index contributed by atoms with van der Waals surface area (Å²) < 4.78 is 26.0. The smallest absolute Gasteiger partial charge is 0.796 e. The van der Waals surface area contributed by atoms with Gasteiger partial charge in [0.1, 0.15) is 5.82 Å². The first kappa shape index (κ1) is 33.7. The molecule has 0 radical (unpaired) electrons. The standard InChI is InChI=1S/C24H31FNO5P.2Na/c1-15(2)23-19(10-11-32(30,31)14-18(27)12-22(28)29)20(13-21(26-23)24(3,4)5)16-6-8-17(25)9-7-16;;/h6-11,13,15,18,27H,12,14H2,1-5H3,(H,28,29)(H,30,31);;/q;2*+1/p-2/b11-10+;;/t18-;;/m1../s1. The summed E-state index contributed by atoms with van der Waals surface area (Å²) >= 11 is 0. The number of aliphatic hydroxyl groups excluding tert-OH is 1. The molecule has 174 valence electrons. The SMILES string of the molecule is CC(C)c1nc(C(C)(C)C)cc(-c2ccc(F)cc2)c1/C=C/P(=O)([O-])C[C@H](O)CC(=O)[O-].[Na+].[Na+]. The molecular formula is C24H29FNNa2O5P. The Morgan fingerprint density at radius 2 is 1.76 bits per heavy atom. The van der Waals surface area contributed by atoms with E-state index in [-0.39, 0.29) is 76.3 Å². The summed E-state index contributed by atoms with van der Waals surface area (Å²) in [7, 11) is -4.24. The predicted molar refractivity (Wildman–Crippen MR) is 120 cm³/mol. The van der Waals surface area contributed by atoms with Gasteiger partial charge in [-0.15, -0.1) is 0 Å². The van der Waals surface area contributed by atoms with Crippen molar-refractivity contribution in [3.8, 4) is 11.1 Å². The van der Waals surface area contributed by atoms with Crippen molar-refractivity contribution in [2.24, 2.45) is 0 Å². The molecule has 1 aromatic carbocycles. The summed E-state index contributed by atoms with van der Waals surface area (Å²) in [6.07, 6.45) is -1.61. The normalized spacial score (nSPS) is 14.3. The number of pyridine rings is 1. The van der Waals surface area contributed by atoms with E-state index in [1.54, 1.807) is 12.1 Å². The number of hydrogen-bond donors (Lipinski definition) is 1. The number of rotatable bonds is 8. The topological polar surface area (TPSA) is 113 Å². The molecule has 0 fully saturated rings. The molecule has 1 unspecified atom stereocenters. The molecule has 0 saturated carbocycles. The molecule has 0 aliphatic heterocycles. The quantitative estimate of drug-likeness (QED) is 0.311. The molecule has 0 saturated heterocycles. The van der Waals surface area contributed by atoms with E-state index >= 15 is 0 Å². The number of hydrogen-bond acceptors (Lipinski definition) is 6. The maximum Gasteiger partial charge on any atom is 1.00 e. The molecule has 1 heterocycles. The van der Waals surface area contributed by atoms with Gasteiger partial charge in [-0.3, -0.25) is 4.98 Å². The molecule has 2 rings (SSSR count). The minimum absolute atomic E-state index is 0. The third-order valence-corrected chi connectivity index (χ3v) is 6.43. The summed E-state index contributed by atoms with van der Waals surface area (Å²) in [6.45, 7) is 9.96. The van der Waals surface area contributed by atoms with Crippen LogP contribution in [0.4, 0.5) is 4.39 Å². The van der Waals surface area contributed by atoms with E-state index in [1.807, 2.05) is 40.7 Å². The average molecular weight is 507 g/mol. The number of aliphatic hydroxyl groups is 1. The van der Waals surface area contributed by atoms with Crippen LogP contribution in [-0.4, -0.2) is 28.3 Å². The van der Waals surface area contributed by atoms with Crippen molar-refractivity contribution in [2.75, 3.05) is 6.16 Å². The van der Waals surface area contributed by atoms with E-state index in [2.05, 4.69) is 0 Å². The van der Waals surface area contributed by atoms with E-state index in [9.17, 15) is 28.9 Å².